The van der Waals surface area contributed by atoms with Gasteiger partial charge in [-0.1, -0.05) is 28.1 Å². The Balaban J connectivity index is 1.79. The molecule has 1 aliphatic rings. The molecule has 0 aliphatic carbocycles. The van der Waals surface area contributed by atoms with E-state index in [2.05, 4.69) is 48.8 Å². The first-order valence-corrected chi connectivity index (χ1v) is 11.1. The molecule has 3 rings (SSSR count). The number of carbonyl (C=O) groups excluding carboxylic acids is 2. The summed E-state index contributed by atoms with van der Waals surface area (Å²) in [5, 5.41) is 2.81. The van der Waals surface area contributed by atoms with Crippen molar-refractivity contribution in [2.24, 2.45) is 4.99 Å². The molecule has 2 aromatic carbocycles. The highest BCUT2D eigenvalue weighted by Gasteiger charge is 2.23. The molecule has 1 N–H and O–H groups in total. The molecule has 0 aromatic heterocycles. The zero-order valence-electron chi connectivity index (χ0n) is 15.5. The molecule has 9 heteroatoms. The van der Waals surface area contributed by atoms with Crippen LogP contribution in [0.1, 0.15) is 18.1 Å². The van der Waals surface area contributed by atoms with E-state index in [9.17, 15) is 9.59 Å². The molecule has 0 saturated carbocycles. The normalized spacial score (nSPS) is 14.7. The number of methoxy groups -OCH3 is 1. The number of benzene rings is 2. The van der Waals surface area contributed by atoms with Crippen molar-refractivity contribution in [1.29, 1.82) is 0 Å². The van der Waals surface area contributed by atoms with Gasteiger partial charge in [-0.2, -0.15) is 4.99 Å². The highest BCUT2D eigenvalue weighted by atomic mass is 127. The maximum atomic E-state index is 12.1. The number of rotatable bonds is 5. The number of carbonyl (C=O) groups is 2. The molecule has 150 valence electrons. The van der Waals surface area contributed by atoms with Crippen molar-refractivity contribution in [1.82, 2.24) is 5.32 Å². The Bertz CT molecular complexity index is 1020. The van der Waals surface area contributed by atoms with E-state index in [0.29, 0.717) is 23.0 Å². The quantitative estimate of drug-likeness (QED) is 0.404. The second kappa shape index (κ2) is 9.77. The van der Waals surface area contributed by atoms with Crippen molar-refractivity contribution < 1.29 is 19.1 Å². The second-order valence-corrected chi connectivity index (χ2v) is 9.07. The Labute approximate surface area is 194 Å². The summed E-state index contributed by atoms with van der Waals surface area (Å²) in [4.78, 5) is 27.5. The van der Waals surface area contributed by atoms with Crippen molar-refractivity contribution >= 4 is 73.3 Å². The Morgan fingerprint density at radius 2 is 2.03 bits per heavy atom. The van der Waals surface area contributed by atoms with Crippen LogP contribution in [0.4, 0.5) is 0 Å². The van der Waals surface area contributed by atoms with Crippen LogP contribution in [0.2, 0.25) is 0 Å². The number of hydrogen-bond acceptors (Lipinski definition) is 5. The van der Waals surface area contributed by atoms with Gasteiger partial charge in [0.15, 0.2) is 16.7 Å². The number of hydrogen-bond donors (Lipinski definition) is 1. The Hall–Kier alpha value is -1.85. The summed E-state index contributed by atoms with van der Waals surface area (Å²) in [6.45, 7) is 1.78. The summed E-state index contributed by atoms with van der Waals surface area (Å²) < 4.78 is 13.3. The third-order valence-electron chi connectivity index (χ3n) is 3.75. The maximum Gasteiger partial charge on any atom is 0.286 e. The lowest BCUT2D eigenvalue weighted by Crippen LogP contribution is -2.23. The highest BCUT2D eigenvalue weighted by Crippen LogP contribution is 2.36. The molecule has 2 aromatic rings. The number of nitrogens with one attached hydrogen (secondary N) is 1. The molecule has 0 saturated heterocycles. The standard InChI is InChI=1S/C20H16BrIN2O4S/c1-11(25)23-20-24-19(26)17(29-20)9-13-7-15(22)18(16(8-13)27-2)28-10-12-3-5-14(21)6-4-12/h3-9H,10H2,1-2H3,(H,23,24,25,26)/b17-9-. The lowest BCUT2D eigenvalue weighted by atomic mass is 10.2. The lowest BCUT2D eigenvalue weighted by molar-refractivity contribution is -0.117. The Kier molecular flexibility index (Phi) is 7.36. The number of aliphatic imine (C=N–C) groups is 1. The molecular weight excluding hydrogens is 571 g/mol. The predicted octanol–water partition coefficient (Wildman–Crippen LogP) is 4.75. The minimum absolute atomic E-state index is 0.270. The maximum absolute atomic E-state index is 12.1. The molecule has 1 aliphatic heterocycles. The number of amides is 2. The molecule has 0 fully saturated rings. The third kappa shape index (κ3) is 5.83. The van der Waals surface area contributed by atoms with E-state index < -0.39 is 0 Å². The Morgan fingerprint density at radius 1 is 1.31 bits per heavy atom. The van der Waals surface area contributed by atoms with E-state index in [4.69, 9.17) is 9.47 Å². The van der Waals surface area contributed by atoms with Gasteiger partial charge < -0.3 is 14.8 Å². The lowest BCUT2D eigenvalue weighted by Gasteiger charge is -2.14. The molecule has 0 spiro atoms. The van der Waals surface area contributed by atoms with Crippen LogP contribution in [-0.4, -0.2) is 24.1 Å². The molecule has 0 atom stereocenters. The van der Waals surface area contributed by atoms with Crippen molar-refractivity contribution in [3.63, 3.8) is 0 Å². The zero-order valence-corrected chi connectivity index (χ0v) is 20.1. The van der Waals surface area contributed by atoms with Gasteiger partial charge in [0.2, 0.25) is 5.91 Å². The minimum atomic E-state index is -0.386. The molecule has 6 nitrogen and oxygen atoms in total. The van der Waals surface area contributed by atoms with Crippen LogP contribution in [0.15, 0.2) is 50.8 Å². The van der Waals surface area contributed by atoms with Crippen molar-refractivity contribution in [2.45, 2.75) is 13.5 Å². The van der Waals surface area contributed by atoms with Crippen LogP contribution in [0.25, 0.3) is 6.08 Å². The van der Waals surface area contributed by atoms with E-state index >= 15 is 0 Å². The molecule has 0 bridgehead atoms. The summed E-state index contributed by atoms with van der Waals surface area (Å²) in [5.74, 6) is 0.551. The van der Waals surface area contributed by atoms with Crippen molar-refractivity contribution in [3.8, 4) is 11.5 Å². The number of ether oxygens (including phenoxy) is 2. The first kappa shape index (κ1) is 21.8. The van der Waals surface area contributed by atoms with Gasteiger partial charge in [0.1, 0.15) is 6.61 Å². The molecule has 1 heterocycles. The van der Waals surface area contributed by atoms with Gasteiger partial charge in [0.05, 0.1) is 15.6 Å². The predicted molar refractivity (Wildman–Crippen MR) is 126 cm³/mol. The van der Waals surface area contributed by atoms with Crippen molar-refractivity contribution in [3.05, 3.63) is 60.5 Å². The fourth-order valence-electron chi connectivity index (χ4n) is 2.46. The van der Waals surface area contributed by atoms with Gasteiger partial charge in [0, 0.05) is 11.4 Å². The van der Waals surface area contributed by atoms with Crippen LogP contribution < -0.4 is 14.8 Å². The smallest absolute Gasteiger partial charge is 0.286 e. The minimum Gasteiger partial charge on any atom is -0.493 e. The van der Waals surface area contributed by atoms with Gasteiger partial charge in [-0.3, -0.25) is 9.59 Å². The fourth-order valence-corrected chi connectivity index (χ4v) is 4.37. The molecule has 0 radical (unpaired) electrons. The van der Waals surface area contributed by atoms with E-state index in [0.717, 1.165) is 30.9 Å². The van der Waals surface area contributed by atoms with Gasteiger partial charge >= 0.3 is 0 Å². The van der Waals surface area contributed by atoms with E-state index in [1.807, 2.05) is 30.3 Å². The summed E-state index contributed by atoms with van der Waals surface area (Å²) in [5.41, 5.74) is 1.81. The summed E-state index contributed by atoms with van der Waals surface area (Å²) in [6, 6.07) is 11.6. The van der Waals surface area contributed by atoms with Crippen molar-refractivity contribution in [2.75, 3.05) is 7.11 Å². The van der Waals surface area contributed by atoms with Crippen LogP contribution in [-0.2, 0) is 16.2 Å². The average molecular weight is 587 g/mol. The van der Waals surface area contributed by atoms with Gasteiger partial charge in [-0.25, -0.2) is 0 Å². The zero-order chi connectivity index (χ0) is 21.0. The van der Waals surface area contributed by atoms with E-state index in [1.54, 1.807) is 19.3 Å². The highest BCUT2D eigenvalue weighted by molar-refractivity contribution is 14.1. The number of amidine groups is 1. The molecular formula is C20H16BrIN2O4S. The summed E-state index contributed by atoms with van der Waals surface area (Å²) in [7, 11) is 1.57. The second-order valence-electron chi connectivity index (χ2n) is 5.96. The van der Waals surface area contributed by atoms with Crippen LogP contribution >= 0.6 is 50.3 Å². The Morgan fingerprint density at radius 3 is 2.69 bits per heavy atom. The SMILES string of the molecule is COc1cc(/C=C2\SC(NC(C)=O)=NC2=O)cc(I)c1OCc1ccc(Br)cc1. The fraction of sp³-hybridized carbons (Fsp3) is 0.150. The number of thioether (sulfide) groups is 1. The van der Waals surface area contributed by atoms with Crippen LogP contribution in [0.5, 0.6) is 11.5 Å². The average Bonchev–Trinajstić information content (AvgIpc) is 2.99. The van der Waals surface area contributed by atoms with E-state index in [-0.39, 0.29) is 17.0 Å². The molecule has 0 unspecified atom stereocenters. The summed E-state index contributed by atoms with van der Waals surface area (Å²) >= 11 is 6.72. The van der Waals surface area contributed by atoms with Gasteiger partial charge in [0.25, 0.3) is 5.91 Å². The van der Waals surface area contributed by atoms with Gasteiger partial charge in [-0.15, -0.1) is 0 Å². The van der Waals surface area contributed by atoms with Crippen LogP contribution in [0.3, 0.4) is 0 Å². The van der Waals surface area contributed by atoms with Gasteiger partial charge in [-0.05, 0) is 75.8 Å². The third-order valence-corrected chi connectivity index (χ3v) is 5.98. The molecule has 29 heavy (non-hydrogen) atoms. The molecule has 2 amide bonds. The number of halogens is 2. The first-order valence-electron chi connectivity index (χ1n) is 8.40. The number of nitrogens with zero attached hydrogens (tertiary/aromatic N) is 1. The largest absolute Gasteiger partial charge is 0.493 e. The first-order chi connectivity index (χ1) is 13.9. The van der Waals surface area contributed by atoms with E-state index in [1.165, 1.54) is 6.92 Å². The topological polar surface area (TPSA) is 77.0 Å². The van der Waals surface area contributed by atoms with Crippen LogP contribution in [0, 0.1) is 3.57 Å². The monoisotopic (exact) mass is 586 g/mol. The summed E-state index contributed by atoms with van der Waals surface area (Å²) in [6.07, 6.45) is 1.72.